The average Bonchev–Trinajstić information content (AvgIpc) is 3.12. The Bertz CT molecular complexity index is 1060. The summed E-state index contributed by atoms with van der Waals surface area (Å²) < 4.78 is 78.6. The summed E-state index contributed by atoms with van der Waals surface area (Å²) in [6.07, 6.45) is -11.5. The number of nitrogens with zero attached hydrogens (tertiary/aromatic N) is 1. The molecule has 1 aliphatic heterocycles. The van der Waals surface area contributed by atoms with E-state index in [-0.39, 0.29) is 29.2 Å². The molecule has 2 unspecified atom stereocenters. The molecule has 3 rings (SSSR count). The maximum Gasteiger partial charge on any atom is 0.416 e. The van der Waals surface area contributed by atoms with E-state index in [1.54, 1.807) is 0 Å². The lowest BCUT2D eigenvalue weighted by molar-refractivity contribution is -0.143. The Balaban J connectivity index is 1.95. The van der Waals surface area contributed by atoms with Gasteiger partial charge in [-0.2, -0.15) is 26.3 Å². The van der Waals surface area contributed by atoms with Crippen LogP contribution in [0.15, 0.2) is 36.4 Å². The molecule has 2 N–H and O–H groups in total. The molecule has 0 saturated carbocycles. The molecule has 2 aromatic carbocycles. The fraction of sp³-hybridized carbons (Fsp3) is 0.300. The number of carbonyl (C=O) groups excluding carboxylic acids is 1. The zero-order valence-electron chi connectivity index (χ0n) is 16.3. The Kier molecular flexibility index (Phi) is 6.77. The molecular weight excluding hydrogens is 501 g/mol. The quantitative estimate of drug-likeness (QED) is 0.500. The summed E-state index contributed by atoms with van der Waals surface area (Å²) in [5.41, 5.74) is -3.65. The molecule has 5 nitrogen and oxygen atoms in total. The number of carboxylic acid groups (broad SMARTS) is 1. The SMILES string of the molecule is O=C(NC1CN(C(=O)O)CC1c1ccc(Cl)c(Cl)c1)c1cc(C(F)(F)F)cc(C(F)(F)F)c1. The number of hydrogen-bond acceptors (Lipinski definition) is 2. The van der Waals surface area contributed by atoms with Gasteiger partial charge in [0.25, 0.3) is 5.91 Å². The van der Waals surface area contributed by atoms with E-state index in [1.807, 2.05) is 0 Å². The van der Waals surface area contributed by atoms with E-state index in [0.29, 0.717) is 17.7 Å². The number of benzene rings is 2. The third-order valence-corrected chi connectivity index (χ3v) is 5.87. The van der Waals surface area contributed by atoms with E-state index in [1.165, 1.54) is 18.2 Å². The van der Waals surface area contributed by atoms with E-state index in [4.69, 9.17) is 23.2 Å². The summed E-state index contributed by atoms with van der Waals surface area (Å²) in [4.78, 5) is 25.1. The van der Waals surface area contributed by atoms with Crippen LogP contribution in [0.5, 0.6) is 0 Å². The first-order valence-electron chi connectivity index (χ1n) is 9.20. The lowest BCUT2D eigenvalue weighted by Crippen LogP contribution is -2.40. The highest BCUT2D eigenvalue weighted by atomic mass is 35.5. The number of nitrogens with one attached hydrogen (secondary N) is 1. The average molecular weight is 515 g/mol. The molecule has 1 aliphatic rings. The van der Waals surface area contributed by atoms with Gasteiger partial charge in [-0.05, 0) is 35.9 Å². The van der Waals surface area contributed by atoms with Crippen molar-refractivity contribution in [2.75, 3.05) is 13.1 Å². The molecule has 0 bridgehead atoms. The molecule has 0 spiro atoms. The second-order valence-corrected chi connectivity index (χ2v) is 8.16. The number of alkyl halides is 6. The van der Waals surface area contributed by atoms with Crippen LogP contribution < -0.4 is 5.32 Å². The zero-order chi connectivity index (χ0) is 24.7. The van der Waals surface area contributed by atoms with Crippen molar-refractivity contribution in [3.63, 3.8) is 0 Å². The van der Waals surface area contributed by atoms with Gasteiger partial charge in [0.2, 0.25) is 0 Å². The Morgan fingerprint density at radius 3 is 1.97 bits per heavy atom. The van der Waals surface area contributed by atoms with Gasteiger partial charge in [0, 0.05) is 24.6 Å². The minimum Gasteiger partial charge on any atom is -0.465 e. The van der Waals surface area contributed by atoms with Crippen molar-refractivity contribution >= 4 is 35.2 Å². The van der Waals surface area contributed by atoms with Crippen molar-refractivity contribution in [2.45, 2.75) is 24.3 Å². The monoisotopic (exact) mass is 514 g/mol. The van der Waals surface area contributed by atoms with Crippen molar-refractivity contribution < 1.29 is 41.0 Å². The first-order chi connectivity index (χ1) is 15.2. The summed E-state index contributed by atoms with van der Waals surface area (Å²) in [6, 6.07) is 4.02. The summed E-state index contributed by atoms with van der Waals surface area (Å²) in [5.74, 6) is -1.89. The molecule has 33 heavy (non-hydrogen) atoms. The van der Waals surface area contributed by atoms with Gasteiger partial charge < -0.3 is 15.3 Å². The third-order valence-electron chi connectivity index (χ3n) is 5.13. The van der Waals surface area contributed by atoms with E-state index >= 15 is 0 Å². The highest BCUT2D eigenvalue weighted by Gasteiger charge is 2.40. The van der Waals surface area contributed by atoms with Crippen LogP contribution in [-0.4, -0.2) is 41.1 Å². The van der Waals surface area contributed by atoms with Crippen LogP contribution in [0, 0.1) is 0 Å². The highest BCUT2D eigenvalue weighted by molar-refractivity contribution is 6.42. The lowest BCUT2D eigenvalue weighted by Gasteiger charge is -2.21. The van der Waals surface area contributed by atoms with Gasteiger partial charge in [0.15, 0.2) is 0 Å². The standard InChI is InChI=1S/C20H14Cl2F6N2O3/c21-14-2-1-9(5-15(14)22)13-7-30(18(32)33)8-16(13)29-17(31)10-3-11(19(23,24)25)6-12(4-10)20(26,27)28/h1-6,13,16H,7-8H2,(H,29,31)(H,32,33). The molecule has 2 aromatic rings. The molecule has 0 aliphatic carbocycles. The zero-order valence-corrected chi connectivity index (χ0v) is 17.8. The van der Waals surface area contributed by atoms with Gasteiger partial charge in [0.05, 0.1) is 27.2 Å². The summed E-state index contributed by atoms with van der Waals surface area (Å²) in [6.45, 7) is -0.328. The van der Waals surface area contributed by atoms with Gasteiger partial charge >= 0.3 is 18.4 Å². The molecule has 0 radical (unpaired) electrons. The van der Waals surface area contributed by atoms with Crippen LogP contribution in [0.1, 0.15) is 33.0 Å². The number of likely N-dealkylation sites (tertiary alicyclic amines) is 1. The minimum atomic E-state index is -5.12. The van der Waals surface area contributed by atoms with Crippen molar-refractivity contribution in [1.82, 2.24) is 10.2 Å². The molecule has 0 aromatic heterocycles. The summed E-state index contributed by atoms with van der Waals surface area (Å²) >= 11 is 11.9. The Morgan fingerprint density at radius 2 is 1.48 bits per heavy atom. The number of carbonyl (C=O) groups is 2. The number of rotatable bonds is 3. The maximum absolute atomic E-state index is 13.1. The topological polar surface area (TPSA) is 69.6 Å². The molecule has 2 amide bonds. The molecule has 1 heterocycles. The third kappa shape index (κ3) is 5.64. The molecule has 1 fully saturated rings. The molecule has 1 saturated heterocycles. The van der Waals surface area contributed by atoms with Crippen LogP contribution in [-0.2, 0) is 12.4 Å². The van der Waals surface area contributed by atoms with Gasteiger partial charge in [-0.1, -0.05) is 29.3 Å². The predicted molar refractivity (Wildman–Crippen MR) is 107 cm³/mol. The van der Waals surface area contributed by atoms with Crippen molar-refractivity contribution in [3.8, 4) is 0 Å². The summed E-state index contributed by atoms with van der Waals surface area (Å²) in [5, 5.41) is 12.1. The van der Waals surface area contributed by atoms with Crippen molar-refractivity contribution in [3.05, 3.63) is 68.7 Å². The van der Waals surface area contributed by atoms with E-state index < -0.39 is 53.0 Å². The van der Waals surface area contributed by atoms with Crippen LogP contribution in [0.2, 0.25) is 10.0 Å². The Hall–Kier alpha value is -2.66. The van der Waals surface area contributed by atoms with E-state index in [2.05, 4.69) is 5.32 Å². The first-order valence-corrected chi connectivity index (χ1v) is 9.95. The number of amides is 2. The molecular formula is C20H14Cl2F6N2O3. The van der Waals surface area contributed by atoms with Crippen molar-refractivity contribution in [1.29, 1.82) is 0 Å². The van der Waals surface area contributed by atoms with Crippen LogP contribution in [0.3, 0.4) is 0 Å². The van der Waals surface area contributed by atoms with Gasteiger partial charge in [-0.25, -0.2) is 4.79 Å². The van der Waals surface area contributed by atoms with Crippen LogP contribution >= 0.6 is 23.2 Å². The largest absolute Gasteiger partial charge is 0.465 e. The molecule has 13 heteroatoms. The maximum atomic E-state index is 13.1. The summed E-state index contributed by atoms with van der Waals surface area (Å²) in [7, 11) is 0. The second-order valence-electron chi connectivity index (χ2n) is 7.34. The lowest BCUT2D eigenvalue weighted by atomic mass is 9.94. The molecule has 2 atom stereocenters. The van der Waals surface area contributed by atoms with E-state index in [0.717, 1.165) is 4.90 Å². The van der Waals surface area contributed by atoms with Crippen LogP contribution in [0.4, 0.5) is 31.1 Å². The van der Waals surface area contributed by atoms with E-state index in [9.17, 15) is 41.0 Å². The van der Waals surface area contributed by atoms with Gasteiger partial charge in [0.1, 0.15) is 0 Å². The number of halogens is 8. The Morgan fingerprint density at radius 1 is 0.909 bits per heavy atom. The smallest absolute Gasteiger partial charge is 0.416 e. The second kappa shape index (κ2) is 8.94. The van der Waals surface area contributed by atoms with Gasteiger partial charge in [-0.3, -0.25) is 4.79 Å². The number of hydrogen-bond donors (Lipinski definition) is 2. The van der Waals surface area contributed by atoms with Crippen molar-refractivity contribution in [2.24, 2.45) is 0 Å². The Labute approximate surface area is 192 Å². The highest BCUT2D eigenvalue weighted by Crippen LogP contribution is 2.37. The fourth-order valence-corrected chi connectivity index (χ4v) is 3.83. The minimum absolute atomic E-state index is 0.0863. The molecule has 178 valence electrons. The normalized spacial score (nSPS) is 19.0. The van der Waals surface area contributed by atoms with Gasteiger partial charge in [-0.15, -0.1) is 0 Å². The first kappa shape index (κ1) is 25.0. The predicted octanol–water partition coefficient (Wildman–Crippen LogP) is 5.91. The fourth-order valence-electron chi connectivity index (χ4n) is 3.52. The van der Waals surface area contributed by atoms with Crippen LogP contribution in [0.25, 0.3) is 0 Å².